The molecule has 4 nitrogen and oxygen atoms in total. The molecular formula is C12H21N3O. The molecule has 0 aliphatic rings. The van der Waals surface area contributed by atoms with E-state index < -0.39 is 0 Å². The zero-order chi connectivity index (χ0) is 12.0. The van der Waals surface area contributed by atoms with Crippen molar-refractivity contribution in [1.29, 1.82) is 0 Å². The van der Waals surface area contributed by atoms with E-state index in [2.05, 4.69) is 22.2 Å². The summed E-state index contributed by atoms with van der Waals surface area (Å²) in [7, 11) is 3.67. The summed E-state index contributed by atoms with van der Waals surface area (Å²) in [4.78, 5) is 8.73. The molecule has 0 radical (unpaired) electrons. The van der Waals surface area contributed by atoms with Gasteiger partial charge in [0, 0.05) is 26.1 Å². The Morgan fingerprint density at radius 1 is 1.38 bits per heavy atom. The van der Waals surface area contributed by atoms with Crippen molar-refractivity contribution in [2.24, 2.45) is 5.92 Å². The van der Waals surface area contributed by atoms with Crippen LogP contribution in [0, 0.1) is 12.8 Å². The van der Waals surface area contributed by atoms with Crippen molar-refractivity contribution >= 4 is 0 Å². The molecule has 1 heterocycles. The van der Waals surface area contributed by atoms with Crippen molar-refractivity contribution in [3.63, 3.8) is 0 Å². The second-order valence-corrected chi connectivity index (χ2v) is 4.14. The van der Waals surface area contributed by atoms with Crippen LogP contribution in [-0.2, 0) is 4.74 Å². The van der Waals surface area contributed by atoms with Gasteiger partial charge in [-0.25, -0.2) is 9.97 Å². The molecule has 1 aromatic heterocycles. The van der Waals surface area contributed by atoms with Crippen LogP contribution in [0.5, 0.6) is 0 Å². The maximum absolute atomic E-state index is 5.09. The Morgan fingerprint density at radius 3 is 2.50 bits per heavy atom. The Labute approximate surface area is 97.5 Å². The van der Waals surface area contributed by atoms with Gasteiger partial charge >= 0.3 is 0 Å². The first-order valence-electron chi connectivity index (χ1n) is 5.63. The molecule has 4 heteroatoms. The lowest BCUT2D eigenvalue weighted by atomic mass is 9.98. The van der Waals surface area contributed by atoms with E-state index in [-0.39, 0.29) is 6.04 Å². The molecule has 0 aliphatic carbocycles. The van der Waals surface area contributed by atoms with Crippen molar-refractivity contribution in [2.45, 2.75) is 26.3 Å². The minimum atomic E-state index is 0.191. The van der Waals surface area contributed by atoms with Gasteiger partial charge in [0.05, 0.1) is 6.04 Å². The van der Waals surface area contributed by atoms with Crippen LogP contribution in [0.4, 0.5) is 0 Å². The number of ether oxygens (including phenoxy) is 1. The molecule has 2 unspecified atom stereocenters. The number of methoxy groups -OCH3 is 1. The van der Waals surface area contributed by atoms with E-state index in [1.54, 1.807) is 7.11 Å². The van der Waals surface area contributed by atoms with Crippen LogP contribution >= 0.6 is 0 Å². The third kappa shape index (κ3) is 3.54. The zero-order valence-corrected chi connectivity index (χ0v) is 10.5. The molecule has 0 aromatic carbocycles. The van der Waals surface area contributed by atoms with Crippen LogP contribution in [0.25, 0.3) is 0 Å². The minimum absolute atomic E-state index is 0.191. The predicted molar refractivity (Wildman–Crippen MR) is 64.2 cm³/mol. The summed E-state index contributed by atoms with van der Waals surface area (Å²) in [6.07, 6.45) is 4.71. The Kier molecular flexibility index (Phi) is 5.35. The molecule has 0 saturated heterocycles. The summed E-state index contributed by atoms with van der Waals surface area (Å²) < 4.78 is 5.09. The second-order valence-electron chi connectivity index (χ2n) is 4.14. The first-order valence-corrected chi connectivity index (χ1v) is 5.63. The Hall–Kier alpha value is -1.00. The lowest BCUT2D eigenvalue weighted by Gasteiger charge is -2.21. The van der Waals surface area contributed by atoms with E-state index in [9.17, 15) is 0 Å². The fourth-order valence-corrected chi connectivity index (χ4v) is 1.70. The largest absolute Gasteiger partial charge is 0.385 e. The van der Waals surface area contributed by atoms with Gasteiger partial charge < -0.3 is 10.1 Å². The van der Waals surface area contributed by atoms with E-state index in [0.29, 0.717) is 5.92 Å². The van der Waals surface area contributed by atoms with Crippen LogP contribution < -0.4 is 5.32 Å². The molecule has 90 valence electrons. The highest BCUT2D eigenvalue weighted by atomic mass is 16.5. The molecule has 0 amide bonds. The number of hydrogen-bond donors (Lipinski definition) is 1. The van der Waals surface area contributed by atoms with Gasteiger partial charge in [0.15, 0.2) is 0 Å². The smallest absolute Gasteiger partial charge is 0.145 e. The third-order valence-corrected chi connectivity index (χ3v) is 2.74. The normalized spacial score (nSPS) is 14.8. The van der Waals surface area contributed by atoms with E-state index in [0.717, 1.165) is 24.4 Å². The highest BCUT2D eigenvalue weighted by molar-refractivity contribution is 5.05. The molecule has 0 bridgehead atoms. The lowest BCUT2D eigenvalue weighted by Crippen LogP contribution is -2.26. The third-order valence-electron chi connectivity index (χ3n) is 2.74. The Bertz CT molecular complexity index is 300. The van der Waals surface area contributed by atoms with Crippen molar-refractivity contribution < 1.29 is 4.74 Å². The van der Waals surface area contributed by atoms with Crippen molar-refractivity contribution in [3.8, 4) is 0 Å². The molecule has 1 aromatic rings. The number of hydrogen-bond acceptors (Lipinski definition) is 4. The van der Waals surface area contributed by atoms with E-state index >= 15 is 0 Å². The van der Waals surface area contributed by atoms with E-state index in [1.165, 1.54) is 0 Å². The topological polar surface area (TPSA) is 47.0 Å². The van der Waals surface area contributed by atoms with Gasteiger partial charge in [-0.2, -0.15) is 0 Å². The van der Waals surface area contributed by atoms with Gasteiger partial charge in [-0.15, -0.1) is 0 Å². The molecule has 0 spiro atoms. The SMILES string of the molecule is CNC(c1ncc(C)cn1)C(C)CCOC. The lowest BCUT2D eigenvalue weighted by molar-refractivity contribution is 0.170. The van der Waals surface area contributed by atoms with Crippen LogP contribution in [-0.4, -0.2) is 30.7 Å². The van der Waals surface area contributed by atoms with Gasteiger partial charge in [0.2, 0.25) is 0 Å². The molecule has 0 saturated carbocycles. The highest BCUT2D eigenvalue weighted by Gasteiger charge is 2.19. The summed E-state index contributed by atoms with van der Waals surface area (Å²) in [5.74, 6) is 1.31. The van der Waals surface area contributed by atoms with Crippen LogP contribution in [0.15, 0.2) is 12.4 Å². The summed E-state index contributed by atoms with van der Waals surface area (Å²) in [6.45, 7) is 4.95. The fourth-order valence-electron chi connectivity index (χ4n) is 1.70. The number of nitrogens with zero attached hydrogens (tertiary/aromatic N) is 2. The number of aryl methyl sites for hydroxylation is 1. The van der Waals surface area contributed by atoms with Crippen molar-refractivity contribution in [1.82, 2.24) is 15.3 Å². The monoisotopic (exact) mass is 223 g/mol. The van der Waals surface area contributed by atoms with Gasteiger partial charge in [-0.05, 0) is 31.9 Å². The maximum Gasteiger partial charge on any atom is 0.145 e. The minimum Gasteiger partial charge on any atom is -0.385 e. The van der Waals surface area contributed by atoms with Gasteiger partial charge in [0.1, 0.15) is 5.82 Å². The summed E-state index contributed by atoms with van der Waals surface area (Å²) in [5.41, 5.74) is 1.09. The van der Waals surface area contributed by atoms with Gasteiger partial charge in [0.25, 0.3) is 0 Å². The number of rotatable bonds is 6. The predicted octanol–water partition coefficient (Wildman–Crippen LogP) is 1.72. The summed E-state index contributed by atoms with van der Waals surface area (Å²) in [6, 6.07) is 0.191. The number of aromatic nitrogens is 2. The second kappa shape index (κ2) is 6.55. The average molecular weight is 223 g/mol. The molecule has 0 fully saturated rings. The molecular weight excluding hydrogens is 202 g/mol. The maximum atomic E-state index is 5.09. The fraction of sp³-hybridized carbons (Fsp3) is 0.667. The van der Waals surface area contributed by atoms with E-state index in [4.69, 9.17) is 4.74 Å². The molecule has 1 rings (SSSR count). The number of nitrogens with one attached hydrogen (secondary N) is 1. The molecule has 16 heavy (non-hydrogen) atoms. The Balaban J connectivity index is 2.69. The molecule has 1 N–H and O–H groups in total. The summed E-state index contributed by atoms with van der Waals surface area (Å²) in [5, 5.41) is 3.27. The van der Waals surface area contributed by atoms with Crippen LogP contribution in [0.1, 0.15) is 30.8 Å². The average Bonchev–Trinajstić information content (AvgIpc) is 2.30. The van der Waals surface area contributed by atoms with Crippen molar-refractivity contribution in [2.75, 3.05) is 20.8 Å². The van der Waals surface area contributed by atoms with Gasteiger partial charge in [-0.1, -0.05) is 6.92 Å². The summed E-state index contributed by atoms with van der Waals surface area (Å²) >= 11 is 0. The molecule has 0 aliphatic heterocycles. The standard InChI is InChI=1S/C12H21N3O/c1-9-7-14-12(15-8-9)11(13-3)10(2)5-6-16-4/h7-8,10-11,13H,5-6H2,1-4H3. The van der Waals surface area contributed by atoms with Gasteiger partial charge in [-0.3, -0.25) is 0 Å². The Morgan fingerprint density at radius 2 is 2.00 bits per heavy atom. The highest BCUT2D eigenvalue weighted by Crippen LogP contribution is 2.20. The van der Waals surface area contributed by atoms with Crippen molar-refractivity contribution in [3.05, 3.63) is 23.8 Å². The van der Waals surface area contributed by atoms with Crippen LogP contribution in [0.2, 0.25) is 0 Å². The van der Waals surface area contributed by atoms with E-state index in [1.807, 2.05) is 26.4 Å². The zero-order valence-electron chi connectivity index (χ0n) is 10.5. The molecule has 2 atom stereocenters. The first kappa shape index (κ1) is 13.1. The first-order chi connectivity index (χ1) is 7.69. The van der Waals surface area contributed by atoms with Crippen LogP contribution in [0.3, 0.4) is 0 Å². The quantitative estimate of drug-likeness (QED) is 0.797.